The molecule has 0 bridgehead atoms. The van der Waals surface area contributed by atoms with Gasteiger partial charge in [-0.1, -0.05) is 19.8 Å². The van der Waals surface area contributed by atoms with E-state index in [1.807, 2.05) is 0 Å². The standard InChI is InChI=1S/C20H29NO2.2ClH/c1-3-4-5-15-10-16-11-18-19(23-13-22-18)12-17(16)20(15)14-6-8-21(2)9-7-14;;/h11-12,14-15,20H,3-10,13H2,1-2H3;2*1H. The first-order chi connectivity index (χ1) is 11.3. The Kier molecular flexibility index (Phi) is 7.30. The lowest BCUT2D eigenvalue weighted by atomic mass is 9.75. The van der Waals surface area contributed by atoms with Crippen LogP contribution < -0.4 is 9.47 Å². The number of unbranched alkanes of at least 4 members (excludes halogenated alkanes) is 1. The molecule has 0 radical (unpaired) electrons. The van der Waals surface area contributed by atoms with Gasteiger partial charge < -0.3 is 14.4 Å². The van der Waals surface area contributed by atoms with Crippen molar-refractivity contribution in [3.05, 3.63) is 23.3 Å². The Morgan fingerprint density at radius 2 is 1.76 bits per heavy atom. The number of piperidine rings is 1. The van der Waals surface area contributed by atoms with Crippen LogP contribution in [0, 0.1) is 11.8 Å². The first-order valence-electron chi connectivity index (χ1n) is 9.37. The van der Waals surface area contributed by atoms with E-state index in [1.54, 1.807) is 5.56 Å². The first kappa shape index (κ1) is 20.7. The average Bonchev–Trinajstić information content (AvgIpc) is 3.14. The van der Waals surface area contributed by atoms with Gasteiger partial charge in [-0.3, -0.25) is 0 Å². The van der Waals surface area contributed by atoms with Gasteiger partial charge in [0.25, 0.3) is 0 Å². The third-order valence-electron chi connectivity index (χ3n) is 6.18. The van der Waals surface area contributed by atoms with Crippen LogP contribution in [0.2, 0.25) is 0 Å². The summed E-state index contributed by atoms with van der Waals surface area (Å²) in [5.74, 6) is 4.33. The number of rotatable bonds is 4. The van der Waals surface area contributed by atoms with Crippen molar-refractivity contribution < 1.29 is 9.47 Å². The van der Waals surface area contributed by atoms with Crippen molar-refractivity contribution in [2.24, 2.45) is 11.8 Å². The van der Waals surface area contributed by atoms with E-state index in [-0.39, 0.29) is 24.8 Å². The molecule has 142 valence electrons. The predicted molar refractivity (Wildman–Crippen MR) is 107 cm³/mol. The number of hydrogen-bond donors (Lipinski definition) is 0. The van der Waals surface area contributed by atoms with Crippen LogP contribution >= 0.6 is 24.8 Å². The molecule has 2 heterocycles. The zero-order chi connectivity index (χ0) is 15.8. The Hall–Kier alpha value is -0.640. The van der Waals surface area contributed by atoms with Crippen LogP contribution in [0.5, 0.6) is 11.5 Å². The van der Waals surface area contributed by atoms with Gasteiger partial charge in [0.15, 0.2) is 11.5 Å². The molecule has 0 aromatic heterocycles. The molecule has 2 aliphatic heterocycles. The number of halogens is 2. The fourth-order valence-corrected chi connectivity index (χ4v) is 4.92. The van der Waals surface area contributed by atoms with Gasteiger partial charge in [-0.05, 0) is 86.8 Å². The molecule has 1 saturated heterocycles. The monoisotopic (exact) mass is 387 g/mol. The van der Waals surface area contributed by atoms with E-state index in [9.17, 15) is 0 Å². The SMILES string of the molecule is CCCCC1Cc2cc3c(cc2C1C1CCN(C)CC1)OCO3.Cl.Cl. The second-order valence-corrected chi connectivity index (χ2v) is 7.68. The number of hydrogen-bond acceptors (Lipinski definition) is 3. The lowest BCUT2D eigenvalue weighted by molar-refractivity contribution is 0.171. The Bertz CT molecular complexity index is 573. The van der Waals surface area contributed by atoms with Gasteiger partial charge >= 0.3 is 0 Å². The molecule has 4 rings (SSSR count). The molecule has 0 spiro atoms. The third kappa shape index (κ3) is 4.04. The van der Waals surface area contributed by atoms with Crippen LogP contribution in [0.15, 0.2) is 12.1 Å². The summed E-state index contributed by atoms with van der Waals surface area (Å²) in [6, 6.07) is 4.58. The average molecular weight is 388 g/mol. The molecule has 0 saturated carbocycles. The van der Waals surface area contributed by atoms with Gasteiger partial charge in [0.05, 0.1) is 0 Å². The summed E-state index contributed by atoms with van der Waals surface area (Å²) in [5, 5.41) is 0. The maximum atomic E-state index is 5.66. The molecule has 1 aromatic carbocycles. The number of benzene rings is 1. The van der Waals surface area contributed by atoms with Crippen LogP contribution in [0.1, 0.15) is 56.1 Å². The topological polar surface area (TPSA) is 21.7 Å². The second kappa shape index (κ2) is 8.83. The third-order valence-corrected chi connectivity index (χ3v) is 6.18. The summed E-state index contributed by atoms with van der Waals surface area (Å²) < 4.78 is 11.3. The quantitative estimate of drug-likeness (QED) is 0.721. The molecule has 1 aromatic rings. The van der Waals surface area contributed by atoms with Crippen molar-refractivity contribution in [3.8, 4) is 11.5 Å². The molecular weight excluding hydrogens is 357 g/mol. The van der Waals surface area contributed by atoms with Crippen LogP contribution in [0.25, 0.3) is 0 Å². The predicted octanol–water partition coefficient (Wildman–Crippen LogP) is 5.05. The summed E-state index contributed by atoms with van der Waals surface area (Å²) in [7, 11) is 2.26. The zero-order valence-electron chi connectivity index (χ0n) is 15.3. The fourth-order valence-electron chi connectivity index (χ4n) is 4.92. The van der Waals surface area contributed by atoms with Crippen molar-refractivity contribution in [1.82, 2.24) is 4.90 Å². The van der Waals surface area contributed by atoms with Gasteiger partial charge in [-0.2, -0.15) is 0 Å². The Morgan fingerprint density at radius 1 is 1.08 bits per heavy atom. The van der Waals surface area contributed by atoms with Gasteiger partial charge in [0.2, 0.25) is 6.79 Å². The molecule has 0 amide bonds. The van der Waals surface area contributed by atoms with Crippen molar-refractivity contribution >= 4 is 24.8 Å². The highest BCUT2D eigenvalue weighted by atomic mass is 35.5. The van der Waals surface area contributed by atoms with E-state index < -0.39 is 0 Å². The van der Waals surface area contributed by atoms with Gasteiger partial charge in [-0.15, -0.1) is 24.8 Å². The van der Waals surface area contributed by atoms with Gasteiger partial charge in [0.1, 0.15) is 0 Å². The highest BCUT2D eigenvalue weighted by Gasteiger charge is 2.39. The number of fused-ring (bicyclic) bond motifs is 2. The van der Waals surface area contributed by atoms with Crippen molar-refractivity contribution in [2.75, 3.05) is 26.9 Å². The number of likely N-dealkylation sites (tertiary alicyclic amines) is 1. The zero-order valence-corrected chi connectivity index (χ0v) is 17.0. The van der Waals surface area contributed by atoms with E-state index in [0.29, 0.717) is 6.79 Å². The van der Waals surface area contributed by atoms with Crippen molar-refractivity contribution in [2.45, 2.75) is 51.4 Å². The van der Waals surface area contributed by atoms with Gasteiger partial charge in [-0.25, -0.2) is 0 Å². The van der Waals surface area contributed by atoms with E-state index in [4.69, 9.17) is 9.47 Å². The Morgan fingerprint density at radius 3 is 2.44 bits per heavy atom. The van der Waals surface area contributed by atoms with E-state index in [0.717, 1.165) is 29.3 Å². The van der Waals surface area contributed by atoms with E-state index in [1.165, 1.54) is 57.2 Å². The van der Waals surface area contributed by atoms with Gasteiger partial charge in [0, 0.05) is 0 Å². The van der Waals surface area contributed by atoms with Crippen LogP contribution in [0.4, 0.5) is 0 Å². The summed E-state index contributed by atoms with van der Waals surface area (Å²) in [5.41, 5.74) is 3.10. The molecule has 3 nitrogen and oxygen atoms in total. The first-order valence-corrected chi connectivity index (χ1v) is 9.37. The van der Waals surface area contributed by atoms with E-state index >= 15 is 0 Å². The maximum absolute atomic E-state index is 5.66. The molecule has 1 fully saturated rings. The minimum absolute atomic E-state index is 0. The lowest BCUT2D eigenvalue weighted by Gasteiger charge is -2.36. The fraction of sp³-hybridized carbons (Fsp3) is 0.700. The molecule has 1 aliphatic carbocycles. The second-order valence-electron chi connectivity index (χ2n) is 7.68. The molecule has 0 N–H and O–H groups in total. The normalized spacial score (nSPS) is 25.2. The molecule has 3 aliphatic rings. The Balaban J connectivity index is 0.00000113. The van der Waals surface area contributed by atoms with E-state index in [2.05, 4.69) is 31.0 Å². The molecule has 2 atom stereocenters. The molecular formula is C20H31Cl2NO2. The molecule has 25 heavy (non-hydrogen) atoms. The highest BCUT2D eigenvalue weighted by Crippen LogP contribution is 2.51. The summed E-state index contributed by atoms with van der Waals surface area (Å²) >= 11 is 0. The minimum Gasteiger partial charge on any atom is -0.454 e. The summed E-state index contributed by atoms with van der Waals surface area (Å²) in [6.07, 6.45) is 7.96. The highest BCUT2D eigenvalue weighted by molar-refractivity contribution is 5.85. The van der Waals surface area contributed by atoms with Crippen LogP contribution in [0.3, 0.4) is 0 Å². The largest absolute Gasteiger partial charge is 0.454 e. The minimum atomic E-state index is 0. The summed E-state index contributed by atoms with van der Waals surface area (Å²) in [4.78, 5) is 2.48. The molecule has 2 unspecified atom stereocenters. The molecule has 5 heteroatoms. The van der Waals surface area contributed by atoms with Crippen molar-refractivity contribution in [3.63, 3.8) is 0 Å². The number of nitrogens with zero attached hydrogens (tertiary/aromatic N) is 1. The smallest absolute Gasteiger partial charge is 0.231 e. The Labute approximate surface area is 164 Å². The van der Waals surface area contributed by atoms with Crippen LogP contribution in [-0.2, 0) is 6.42 Å². The van der Waals surface area contributed by atoms with Crippen molar-refractivity contribution in [1.29, 1.82) is 0 Å². The lowest BCUT2D eigenvalue weighted by Crippen LogP contribution is -2.33. The number of ether oxygens (including phenoxy) is 2. The van der Waals surface area contributed by atoms with Crippen LogP contribution in [-0.4, -0.2) is 31.8 Å². The maximum Gasteiger partial charge on any atom is 0.231 e. The summed E-state index contributed by atoms with van der Waals surface area (Å²) in [6.45, 7) is 5.20.